The van der Waals surface area contributed by atoms with E-state index in [1.165, 1.54) is 19.3 Å². The zero-order chi connectivity index (χ0) is 20.5. The molecule has 1 atom stereocenters. The summed E-state index contributed by atoms with van der Waals surface area (Å²) in [6, 6.07) is 8.71. The van der Waals surface area contributed by atoms with Gasteiger partial charge in [0.05, 0.1) is 20.5 Å². The van der Waals surface area contributed by atoms with E-state index in [0.717, 1.165) is 11.8 Å². The van der Waals surface area contributed by atoms with Crippen LogP contribution >= 0.6 is 11.6 Å². The predicted molar refractivity (Wildman–Crippen MR) is 103 cm³/mol. The molecule has 0 saturated heterocycles. The summed E-state index contributed by atoms with van der Waals surface area (Å²) in [5.74, 6) is 0. The third-order valence-corrected chi connectivity index (χ3v) is 6.12. The number of rotatable bonds is 6. The van der Waals surface area contributed by atoms with Gasteiger partial charge < -0.3 is 0 Å². The van der Waals surface area contributed by atoms with Crippen molar-refractivity contribution in [3.05, 3.63) is 75.3 Å². The first-order valence-corrected chi connectivity index (χ1v) is 9.97. The predicted octanol–water partition coefficient (Wildman–Crippen LogP) is 3.18. The van der Waals surface area contributed by atoms with E-state index in [9.17, 15) is 18.5 Å². The van der Waals surface area contributed by atoms with Crippen LogP contribution in [-0.2, 0) is 10.0 Å². The Balaban J connectivity index is 1.85. The van der Waals surface area contributed by atoms with Crippen LogP contribution in [0.4, 0.5) is 5.69 Å². The minimum Gasteiger partial charge on any atom is -0.258 e. The van der Waals surface area contributed by atoms with Crippen molar-refractivity contribution in [1.82, 2.24) is 19.5 Å². The van der Waals surface area contributed by atoms with E-state index in [-0.39, 0.29) is 21.2 Å². The molecule has 0 saturated carbocycles. The van der Waals surface area contributed by atoms with Gasteiger partial charge in [-0.1, -0.05) is 23.7 Å². The van der Waals surface area contributed by atoms with Crippen molar-refractivity contribution in [3.8, 4) is 5.69 Å². The van der Waals surface area contributed by atoms with Gasteiger partial charge in [-0.05, 0) is 37.6 Å². The van der Waals surface area contributed by atoms with Gasteiger partial charge in [0.2, 0.25) is 10.0 Å². The molecular weight excluding hydrogens is 406 g/mol. The Morgan fingerprint density at radius 2 is 1.93 bits per heavy atom. The van der Waals surface area contributed by atoms with Crippen molar-refractivity contribution in [2.24, 2.45) is 0 Å². The van der Waals surface area contributed by atoms with Gasteiger partial charge in [-0.25, -0.2) is 22.8 Å². The van der Waals surface area contributed by atoms with Crippen molar-refractivity contribution >= 4 is 27.3 Å². The molecule has 11 heteroatoms. The average Bonchev–Trinajstić information content (AvgIpc) is 3.18. The Bertz CT molecular complexity index is 1120. The van der Waals surface area contributed by atoms with Gasteiger partial charge in [0.15, 0.2) is 0 Å². The number of sulfonamides is 1. The van der Waals surface area contributed by atoms with Crippen LogP contribution < -0.4 is 4.72 Å². The molecule has 0 fully saturated rings. The fraction of sp³-hybridized carbons (Fsp3) is 0.176. The Labute approximate surface area is 166 Å². The molecule has 0 aliphatic rings. The molecule has 2 aromatic carbocycles. The highest BCUT2D eigenvalue weighted by atomic mass is 35.5. The Morgan fingerprint density at radius 1 is 1.25 bits per heavy atom. The Morgan fingerprint density at radius 3 is 2.50 bits per heavy atom. The van der Waals surface area contributed by atoms with Crippen molar-refractivity contribution < 1.29 is 13.3 Å². The van der Waals surface area contributed by atoms with Gasteiger partial charge in [0.1, 0.15) is 12.7 Å². The number of aromatic nitrogens is 3. The van der Waals surface area contributed by atoms with E-state index >= 15 is 0 Å². The number of hydrogen-bond donors (Lipinski definition) is 1. The third-order valence-electron chi connectivity index (χ3n) is 4.21. The van der Waals surface area contributed by atoms with Crippen LogP contribution in [0.2, 0.25) is 5.02 Å². The summed E-state index contributed by atoms with van der Waals surface area (Å²) in [6.45, 7) is 3.13. The first kappa shape index (κ1) is 19.9. The highest BCUT2D eigenvalue weighted by Crippen LogP contribution is 2.30. The fourth-order valence-electron chi connectivity index (χ4n) is 2.61. The summed E-state index contributed by atoms with van der Waals surface area (Å²) in [6.07, 6.45) is 2.96. The van der Waals surface area contributed by atoms with E-state index in [1.807, 2.05) is 0 Å². The smallest absolute Gasteiger partial charge is 0.258 e. The van der Waals surface area contributed by atoms with E-state index in [4.69, 9.17) is 11.6 Å². The van der Waals surface area contributed by atoms with E-state index in [0.29, 0.717) is 5.56 Å². The molecule has 1 heterocycles. The quantitative estimate of drug-likeness (QED) is 0.482. The van der Waals surface area contributed by atoms with Crippen molar-refractivity contribution in [3.63, 3.8) is 0 Å². The molecule has 146 valence electrons. The van der Waals surface area contributed by atoms with Gasteiger partial charge in [-0.2, -0.15) is 5.10 Å². The largest absolute Gasteiger partial charge is 0.275 e. The number of nitro benzene ring substituents is 1. The number of nitrogens with one attached hydrogen (secondary N) is 1. The van der Waals surface area contributed by atoms with Crippen LogP contribution in [0.15, 0.2) is 53.9 Å². The molecule has 0 amide bonds. The molecule has 1 aromatic heterocycles. The average molecular weight is 422 g/mol. The molecule has 28 heavy (non-hydrogen) atoms. The lowest BCUT2D eigenvalue weighted by molar-refractivity contribution is -0.385. The van der Waals surface area contributed by atoms with Crippen LogP contribution in [0.1, 0.15) is 24.1 Å². The molecule has 0 aliphatic carbocycles. The van der Waals surface area contributed by atoms with Crippen molar-refractivity contribution in [1.29, 1.82) is 0 Å². The topological polar surface area (TPSA) is 120 Å². The molecule has 0 spiro atoms. The third kappa shape index (κ3) is 4.03. The number of nitro groups is 1. The van der Waals surface area contributed by atoms with Crippen LogP contribution in [0, 0.1) is 17.0 Å². The van der Waals surface area contributed by atoms with Crippen LogP contribution in [-0.4, -0.2) is 28.1 Å². The lowest BCUT2D eigenvalue weighted by atomic mass is 10.1. The van der Waals surface area contributed by atoms with Crippen LogP contribution in [0.3, 0.4) is 0 Å². The van der Waals surface area contributed by atoms with Crippen molar-refractivity contribution in [2.75, 3.05) is 0 Å². The molecule has 3 aromatic rings. The van der Waals surface area contributed by atoms with E-state index < -0.39 is 21.0 Å². The molecular formula is C17H16ClN5O4S. The van der Waals surface area contributed by atoms with E-state index in [1.54, 1.807) is 42.2 Å². The molecule has 9 nitrogen and oxygen atoms in total. The first-order valence-electron chi connectivity index (χ1n) is 8.11. The normalized spacial score (nSPS) is 12.7. The highest BCUT2D eigenvalue weighted by molar-refractivity contribution is 7.89. The molecule has 0 radical (unpaired) electrons. The Hall–Kier alpha value is -2.82. The van der Waals surface area contributed by atoms with Gasteiger partial charge in [-0.3, -0.25) is 10.1 Å². The van der Waals surface area contributed by atoms with Gasteiger partial charge in [0, 0.05) is 17.7 Å². The zero-order valence-electron chi connectivity index (χ0n) is 14.9. The summed E-state index contributed by atoms with van der Waals surface area (Å²) in [5.41, 5.74) is 1.34. The number of benzene rings is 2. The van der Waals surface area contributed by atoms with Gasteiger partial charge in [0.25, 0.3) is 5.69 Å². The summed E-state index contributed by atoms with van der Waals surface area (Å²) in [5, 5.41) is 15.2. The second kappa shape index (κ2) is 7.66. The molecule has 0 bridgehead atoms. The molecule has 1 unspecified atom stereocenters. The Kier molecular flexibility index (Phi) is 5.45. The second-order valence-corrected chi connectivity index (χ2v) is 8.20. The lowest BCUT2D eigenvalue weighted by Gasteiger charge is -2.16. The maximum atomic E-state index is 12.7. The maximum Gasteiger partial charge on any atom is 0.275 e. The van der Waals surface area contributed by atoms with Crippen LogP contribution in [0.25, 0.3) is 5.69 Å². The van der Waals surface area contributed by atoms with E-state index in [2.05, 4.69) is 14.8 Å². The summed E-state index contributed by atoms with van der Waals surface area (Å²) in [4.78, 5) is 14.1. The molecule has 3 rings (SSSR count). The zero-order valence-corrected chi connectivity index (χ0v) is 16.5. The highest BCUT2D eigenvalue weighted by Gasteiger charge is 2.24. The summed E-state index contributed by atoms with van der Waals surface area (Å²) >= 11 is 5.98. The van der Waals surface area contributed by atoms with Crippen molar-refractivity contribution in [2.45, 2.75) is 24.8 Å². The van der Waals surface area contributed by atoms with Gasteiger partial charge in [-0.15, -0.1) is 0 Å². The molecule has 1 N–H and O–H groups in total. The molecule has 0 aliphatic heterocycles. The van der Waals surface area contributed by atoms with Gasteiger partial charge >= 0.3 is 0 Å². The number of halogens is 1. The fourth-order valence-corrected chi connectivity index (χ4v) is 4.17. The standard InChI is InChI=1S/C17H16ClN5O4S/c1-11-16(18)7-15(8-17(11)23(24)25)28(26,27)21-12(2)13-3-5-14(6-4-13)22-10-19-9-20-22/h3-10,12,21H,1-2H3. The first-order chi connectivity index (χ1) is 13.2. The minimum absolute atomic E-state index is 0.0133. The lowest BCUT2D eigenvalue weighted by Crippen LogP contribution is -2.27. The monoisotopic (exact) mass is 421 g/mol. The second-order valence-electron chi connectivity index (χ2n) is 6.08. The minimum atomic E-state index is -4.02. The SMILES string of the molecule is Cc1c(Cl)cc(S(=O)(=O)NC(C)c2ccc(-n3cncn3)cc2)cc1[N+](=O)[O-]. The van der Waals surface area contributed by atoms with Crippen LogP contribution in [0.5, 0.6) is 0 Å². The summed E-state index contributed by atoms with van der Waals surface area (Å²) < 4.78 is 29.5. The number of nitrogens with zero attached hydrogens (tertiary/aromatic N) is 4. The maximum absolute atomic E-state index is 12.7. The number of hydrogen-bond acceptors (Lipinski definition) is 6. The summed E-state index contributed by atoms with van der Waals surface area (Å²) in [7, 11) is -4.02.